The van der Waals surface area contributed by atoms with Crippen LogP contribution in [0.4, 0.5) is 0 Å². The minimum absolute atomic E-state index is 0.0543. The quantitative estimate of drug-likeness (QED) is 0.143. The molecule has 0 radical (unpaired) electrons. The van der Waals surface area contributed by atoms with Crippen molar-refractivity contribution >= 4 is 46.0 Å². The fourth-order valence-electron chi connectivity index (χ4n) is 5.01. The highest BCUT2D eigenvalue weighted by Crippen LogP contribution is 2.48. The molecule has 3 aliphatic rings. The van der Waals surface area contributed by atoms with Crippen LogP contribution in [0.25, 0.3) is 0 Å². The highest BCUT2D eigenvalue weighted by Gasteiger charge is 2.63. The zero-order valence-electron chi connectivity index (χ0n) is 24.8. The second-order valence-corrected chi connectivity index (χ2v) is 13.8. The fraction of sp³-hybridized carbons (Fsp3) is 0.700. The van der Waals surface area contributed by atoms with Crippen molar-refractivity contribution in [2.24, 2.45) is 5.92 Å². The number of rotatable bonds is 11. The molecule has 3 N–H and O–H groups in total. The Morgan fingerprint density at radius 2 is 2.00 bits per heavy atom. The highest BCUT2D eigenvalue weighted by molar-refractivity contribution is 8.13. The van der Waals surface area contributed by atoms with E-state index in [1.807, 2.05) is 19.9 Å². The lowest BCUT2D eigenvalue weighted by Gasteiger charge is -2.23. The number of hydrogen-bond acceptors (Lipinski definition) is 10. The largest absolute Gasteiger partial charge is 0.456 e. The molecule has 2 unspecified atom stereocenters. The van der Waals surface area contributed by atoms with Gasteiger partial charge in [-0.3, -0.25) is 24.5 Å². The van der Waals surface area contributed by atoms with Crippen LogP contribution < -0.4 is 16.0 Å². The number of thiazole rings is 1. The molecular formula is C30H44N4O6S2. The zero-order valence-corrected chi connectivity index (χ0v) is 26.5. The Labute approximate surface area is 256 Å². The van der Waals surface area contributed by atoms with E-state index in [2.05, 4.69) is 27.9 Å². The van der Waals surface area contributed by atoms with E-state index in [9.17, 15) is 19.2 Å². The molecule has 2 aliphatic heterocycles. The second-order valence-electron chi connectivity index (χ2n) is 11.7. The van der Waals surface area contributed by atoms with Gasteiger partial charge in [0.05, 0.1) is 18.5 Å². The molecule has 1 saturated carbocycles. The third-order valence-corrected chi connectivity index (χ3v) is 9.52. The molecule has 0 aromatic carbocycles. The van der Waals surface area contributed by atoms with Crippen molar-refractivity contribution in [2.75, 3.05) is 5.75 Å². The Morgan fingerprint density at radius 3 is 2.74 bits per heavy atom. The summed E-state index contributed by atoms with van der Waals surface area (Å²) >= 11 is 2.63. The summed E-state index contributed by atoms with van der Waals surface area (Å²) in [5.41, 5.74) is -0.150. The normalized spacial score (nSPS) is 26.0. The monoisotopic (exact) mass is 620 g/mol. The molecule has 4 rings (SSSR count). The van der Waals surface area contributed by atoms with Gasteiger partial charge >= 0.3 is 5.97 Å². The topological polar surface area (TPSA) is 139 Å². The van der Waals surface area contributed by atoms with Crippen LogP contribution in [0.5, 0.6) is 0 Å². The molecule has 4 atom stereocenters. The van der Waals surface area contributed by atoms with Gasteiger partial charge in [-0.05, 0) is 37.7 Å². The van der Waals surface area contributed by atoms with Gasteiger partial charge in [0.1, 0.15) is 35.2 Å². The second kappa shape index (κ2) is 15.4. The van der Waals surface area contributed by atoms with Crippen LogP contribution in [0.15, 0.2) is 17.5 Å². The van der Waals surface area contributed by atoms with Crippen LogP contribution in [0.3, 0.4) is 0 Å². The third kappa shape index (κ3) is 9.62. The minimum Gasteiger partial charge on any atom is -0.456 e. The maximum absolute atomic E-state index is 13.3. The molecule has 1 saturated heterocycles. The summed E-state index contributed by atoms with van der Waals surface area (Å²) in [7, 11) is 0. The Hall–Kier alpha value is -2.28. The van der Waals surface area contributed by atoms with Crippen molar-refractivity contribution < 1.29 is 28.7 Å². The van der Waals surface area contributed by atoms with Crippen molar-refractivity contribution in [3.63, 3.8) is 0 Å². The molecule has 2 fully saturated rings. The van der Waals surface area contributed by atoms with E-state index in [1.54, 1.807) is 11.5 Å². The van der Waals surface area contributed by atoms with Crippen LogP contribution in [-0.4, -0.2) is 63.7 Å². The van der Waals surface area contributed by atoms with Crippen molar-refractivity contribution in [1.82, 2.24) is 20.9 Å². The summed E-state index contributed by atoms with van der Waals surface area (Å²) in [5, 5.41) is 11.7. The van der Waals surface area contributed by atoms with E-state index in [-0.39, 0.29) is 48.1 Å². The first kappa shape index (κ1) is 32.6. The molecular weight excluding hydrogens is 576 g/mol. The molecule has 1 aliphatic carbocycles. The first-order chi connectivity index (χ1) is 20.2. The van der Waals surface area contributed by atoms with Crippen LogP contribution >= 0.6 is 23.1 Å². The highest BCUT2D eigenvalue weighted by atomic mass is 32.2. The first-order valence-electron chi connectivity index (χ1n) is 15.2. The number of nitrogens with zero attached hydrogens (tertiary/aromatic N) is 1. The van der Waals surface area contributed by atoms with Crippen molar-refractivity contribution in [2.45, 2.75) is 122 Å². The van der Waals surface area contributed by atoms with Crippen LogP contribution in [0.2, 0.25) is 0 Å². The fourth-order valence-corrected chi connectivity index (χ4v) is 6.49. The summed E-state index contributed by atoms with van der Waals surface area (Å²) in [4.78, 5) is 55.6. The minimum atomic E-state index is -0.767. The maximum Gasteiger partial charge on any atom is 0.324 e. The van der Waals surface area contributed by atoms with Crippen LogP contribution in [0, 0.1) is 5.92 Å². The SMILES string of the molecule is CCCCCCCC(=O)SCC/C=C/[C@@H]1CC(=O)NCc2nc(cs2)C(=O)NC2(CC2)C2OC2N[C@@H](C(C)C)C(=O)O1. The van der Waals surface area contributed by atoms with Gasteiger partial charge in [-0.15, -0.1) is 11.3 Å². The summed E-state index contributed by atoms with van der Waals surface area (Å²) in [6.07, 6.45) is 10.6. The van der Waals surface area contributed by atoms with Gasteiger partial charge in [0, 0.05) is 17.6 Å². The van der Waals surface area contributed by atoms with Crippen molar-refractivity contribution in [3.8, 4) is 0 Å². The Bertz CT molecular complexity index is 1130. The van der Waals surface area contributed by atoms with Gasteiger partial charge in [-0.2, -0.15) is 0 Å². The van der Waals surface area contributed by atoms with Gasteiger partial charge in [-0.1, -0.05) is 64.3 Å². The molecule has 42 heavy (non-hydrogen) atoms. The Morgan fingerprint density at radius 1 is 1.21 bits per heavy atom. The number of nitrogens with one attached hydrogen (secondary N) is 3. The molecule has 1 spiro atoms. The molecule has 2 bridgehead atoms. The maximum atomic E-state index is 13.3. The number of aromatic nitrogens is 1. The van der Waals surface area contributed by atoms with E-state index >= 15 is 0 Å². The smallest absolute Gasteiger partial charge is 0.324 e. The zero-order chi connectivity index (χ0) is 30.1. The number of epoxide rings is 1. The molecule has 1 aromatic heterocycles. The third-order valence-electron chi connectivity index (χ3n) is 7.71. The van der Waals surface area contributed by atoms with Gasteiger partial charge < -0.3 is 20.1 Å². The van der Waals surface area contributed by atoms with E-state index in [0.717, 1.165) is 25.7 Å². The van der Waals surface area contributed by atoms with E-state index in [0.29, 0.717) is 29.3 Å². The number of esters is 1. The van der Waals surface area contributed by atoms with Crippen LogP contribution in [0.1, 0.15) is 100 Å². The first-order valence-corrected chi connectivity index (χ1v) is 17.0. The average molecular weight is 621 g/mol. The molecule has 12 heteroatoms. The number of carbonyl (C=O) groups is 4. The standard InChI is InChI=1S/C30H44N4O6S2/c1-4-5-6-7-8-12-24(36)41-15-10-9-11-20-16-22(35)31-17-23-32-21(18-42-23)27(37)34-30(13-14-30)26-28(40-26)33-25(19(2)3)29(38)39-20/h9,11,18-20,25-26,28,33H,4-8,10,12-17H2,1-3H3,(H,31,35)(H,34,37)/b11-9+/t20-,25+,26?,28?/m1/s1. The van der Waals surface area contributed by atoms with E-state index < -0.39 is 23.7 Å². The molecule has 2 amide bonds. The number of unbranched alkanes of at least 4 members (excludes halogenated alkanes) is 4. The summed E-state index contributed by atoms with van der Waals surface area (Å²) < 4.78 is 11.7. The van der Waals surface area contributed by atoms with E-state index in [1.165, 1.54) is 42.4 Å². The molecule has 3 heterocycles. The lowest BCUT2D eigenvalue weighted by atomic mass is 10.0. The van der Waals surface area contributed by atoms with Gasteiger partial charge in [0.25, 0.3) is 5.91 Å². The predicted molar refractivity (Wildman–Crippen MR) is 163 cm³/mol. The molecule has 232 valence electrons. The van der Waals surface area contributed by atoms with Gasteiger partial charge in [0.15, 0.2) is 5.12 Å². The number of cyclic esters (lactones) is 1. The average Bonchev–Trinajstić information content (AvgIpc) is 3.85. The number of allylic oxidation sites excluding steroid dienone is 1. The van der Waals surface area contributed by atoms with Crippen molar-refractivity contribution in [3.05, 3.63) is 28.2 Å². The lowest BCUT2D eigenvalue weighted by molar-refractivity contribution is -0.152. The number of fused-ring (bicyclic) bond motifs is 4. The number of ether oxygens (including phenoxy) is 2. The summed E-state index contributed by atoms with van der Waals surface area (Å²) in [6, 6.07) is -0.646. The van der Waals surface area contributed by atoms with Gasteiger partial charge in [0.2, 0.25) is 5.91 Å². The molecule has 1 aromatic rings. The van der Waals surface area contributed by atoms with Crippen LogP contribution in [-0.2, 0) is 30.4 Å². The number of carbonyl (C=O) groups excluding carboxylic acids is 4. The predicted octanol–water partition coefficient (Wildman–Crippen LogP) is 4.24. The van der Waals surface area contributed by atoms with Gasteiger partial charge in [-0.25, -0.2) is 4.98 Å². The molecule has 10 nitrogen and oxygen atoms in total. The van der Waals surface area contributed by atoms with Crippen molar-refractivity contribution in [1.29, 1.82) is 0 Å². The Kier molecular flexibility index (Phi) is 12.0. The lowest BCUT2D eigenvalue weighted by Crippen LogP contribution is -2.48. The number of hydrogen-bond donors (Lipinski definition) is 3. The summed E-state index contributed by atoms with van der Waals surface area (Å²) in [6.45, 7) is 6.19. The Balaban J connectivity index is 1.37. The number of amides is 2. The number of thioether (sulfide) groups is 1. The van der Waals surface area contributed by atoms with E-state index in [4.69, 9.17) is 9.47 Å². The summed E-state index contributed by atoms with van der Waals surface area (Å²) in [5.74, 6) is -0.486.